The topological polar surface area (TPSA) is 66.4 Å². The fourth-order valence-electron chi connectivity index (χ4n) is 1.78. The molecule has 0 atom stereocenters. The number of amides is 1. The zero-order valence-corrected chi connectivity index (χ0v) is 11.4. The van der Waals surface area contributed by atoms with Gasteiger partial charge in [0.2, 0.25) is 0 Å². The molecule has 2 aromatic rings. The van der Waals surface area contributed by atoms with Crippen LogP contribution in [0.25, 0.3) is 0 Å². The van der Waals surface area contributed by atoms with Crippen LogP contribution in [0, 0.1) is 6.92 Å². The Morgan fingerprint density at radius 2 is 1.90 bits per heavy atom. The van der Waals surface area contributed by atoms with E-state index in [2.05, 4.69) is 5.32 Å². The van der Waals surface area contributed by atoms with Crippen LogP contribution in [0.1, 0.15) is 26.3 Å². The van der Waals surface area contributed by atoms with Crippen molar-refractivity contribution in [2.75, 3.05) is 5.32 Å². The van der Waals surface area contributed by atoms with E-state index in [0.717, 1.165) is 5.56 Å². The Morgan fingerprint density at radius 1 is 1.15 bits per heavy atom. The molecule has 0 aliphatic heterocycles. The zero-order valence-electron chi connectivity index (χ0n) is 10.7. The van der Waals surface area contributed by atoms with Gasteiger partial charge in [0.25, 0.3) is 5.91 Å². The number of anilines is 1. The monoisotopic (exact) mass is 289 g/mol. The molecule has 2 rings (SSSR count). The number of rotatable bonds is 3. The van der Waals surface area contributed by atoms with Crippen molar-refractivity contribution in [3.8, 4) is 0 Å². The van der Waals surface area contributed by atoms with Gasteiger partial charge < -0.3 is 10.4 Å². The summed E-state index contributed by atoms with van der Waals surface area (Å²) in [5.74, 6) is -1.51. The maximum atomic E-state index is 12.1. The van der Waals surface area contributed by atoms with Crippen molar-refractivity contribution in [1.29, 1.82) is 0 Å². The quantitative estimate of drug-likeness (QED) is 0.907. The van der Waals surface area contributed by atoms with Crippen molar-refractivity contribution in [3.05, 3.63) is 64.2 Å². The van der Waals surface area contributed by atoms with Crippen LogP contribution in [0.5, 0.6) is 0 Å². The third-order valence-electron chi connectivity index (χ3n) is 2.74. The van der Waals surface area contributed by atoms with Crippen molar-refractivity contribution in [1.82, 2.24) is 0 Å². The Labute approximate surface area is 121 Å². The van der Waals surface area contributed by atoms with Crippen LogP contribution < -0.4 is 5.32 Å². The van der Waals surface area contributed by atoms with Gasteiger partial charge in [-0.2, -0.15) is 0 Å². The summed E-state index contributed by atoms with van der Waals surface area (Å²) in [4.78, 5) is 23.2. The van der Waals surface area contributed by atoms with Gasteiger partial charge >= 0.3 is 5.97 Å². The molecule has 5 heteroatoms. The van der Waals surface area contributed by atoms with Gasteiger partial charge in [-0.15, -0.1) is 0 Å². The SMILES string of the molecule is Cc1cccc(C(=O)Nc2ccc(Cl)cc2C(=O)O)c1. The van der Waals surface area contributed by atoms with Gasteiger partial charge in [0, 0.05) is 10.6 Å². The first-order chi connectivity index (χ1) is 9.47. The lowest BCUT2D eigenvalue weighted by atomic mass is 10.1. The molecule has 0 radical (unpaired) electrons. The number of hydrogen-bond donors (Lipinski definition) is 2. The summed E-state index contributed by atoms with van der Waals surface area (Å²) in [7, 11) is 0. The number of carbonyl (C=O) groups excluding carboxylic acids is 1. The number of benzene rings is 2. The maximum absolute atomic E-state index is 12.1. The zero-order chi connectivity index (χ0) is 14.7. The van der Waals surface area contributed by atoms with Gasteiger partial charge in [0.15, 0.2) is 0 Å². The average molecular weight is 290 g/mol. The lowest BCUT2D eigenvalue weighted by molar-refractivity contribution is 0.0698. The van der Waals surface area contributed by atoms with Crippen LogP contribution in [0.3, 0.4) is 0 Å². The van der Waals surface area contributed by atoms with Crippen LogP contribution in [-0.4, -0.2) is 17.0 Å². The molecule has 4 nitrogen and oxygen atoms in total. The van der Waals surface area contributed by atoms with Crippen LogP contribution in [0.15, 0.2) is 42.5 Å². The lowest BCUT2D eigenvalue weighted by Gasteiger charge is -2.09. The molecule has 0 aromatic heterocycles. The molecular formula is C15H12ClNO3. The molecule has 102 valence electrons. The van der Waals surface area contributed by atoms with E-state index >= 15 is 0 Å². The second kappa shape index (κ2) is 5.75. The summed E-state index contributed by atoms with van der Waals surface area (Å²) in [5, 5.41) is 12.0. The Balaban J connectivity index is 2.30. The highest BCUT2D eigenvalue weighted by Gasteiger charge is 2.14. The molecule has 0 saturated heterocycles. The molecule has 1 amide bonds. The molecule has 0 aliphatic carbocycles. The summed E-state index contributed by atoms with van der Waals surface area (Å²) in [5.41, 5.74) is 1.59. The second-order valence-electron chi connectivity index (χ2n) is 4.32. The van der Waals surface area contributed by atoms with Crippen molar-refractivity contribution in [2.45, 2.75) is 6.92 Å². The highest BCUT2D eigenvalue weighted by atomic mass is 35.5. The number of aromatic carboxylic acids is 1. The van der Waals surface area contributed by atoms with E-state index in [1.54, 1.807) is 18.2 Å². The normalized spacial score (nSPS) is 10.1. The van der Waals surface area contributed by atoms with Gasteiger partial charge in [0.1, 0.15) is 0 Å². The number of halogens is 1. The van der Waals surface area contributed by atoms with Gasteiger partial charge in [-0.1, -0.05) is 29.3 Å². The Hall–Kier alpha value is -2.33. The number of carboxylic acid groups (broad SMARTS) is 1. The first kappa shape index (κ1) is 14.1. The summed E-state index contributed by atoms with van der Waals surface area (Å²) in [6.07, 6.45) is 0. The second-order valence-corrected chi connectivity index (χ2v) is 4.76. The van der Waals surface area contributed by atoms with Crippen LogP contribution >= 0.6 is 11.6 Å². The Morgan fingerprint density at radius 3 is 2.55 bits per heavy atom. The summed E-state index contributed by atoms with van der Waals surface area (Å²) >= 11 is 5.76. The van der Waals surface area contributed by atoms with E-state index in [-0.39, 0.29) is 17.2 Å². The van der Waals surface area contributed by atoms with Gasteiger partial charge in [0.05, 0.1) is 11.3 Å². The average Bonchev–Trinajstić information content (AvgIpc) is 2.40. The van der Waals surface area contributed by atoms with Crippen molar-refractivity contribution in [3.63, 3.8) is 0 Å². The number of nitrogens with one attached hydrogen (secondary N) is 1. The van der Waals surface area contributed by atoms with Crippen molar-refractivity contribution >= 4 is 29.2 Å². The van der Waals surface area contributed by atoms with E-state index in [4.69, 9.17) is 16.7 Å². The number of hydrogen-bond acceptors (Lipinski definition) is 2. The molecule has 0 spiro atoms. The number of aryl methyl sites for hydroxylation is 1. The molecule has 0 saturated carbocycles. The molecule has 0 heterocycles. The van der Waals surface area contributed by atoms with Gasteiger partial charge in [-0.05, 0) is 37.3 Å². The lowest BCUT2D eigenvalue weighted by Crippen LogP contribution is -2.14. The summed E-state index contributed by atoms with van der Waals surface area (Å²) in [6, 6.07) is 11.3. The molecular weight excluding hydrogens is 278 g/mol. The number of carboxylic acids is 1. The summed E-state index contributed by atoms with van der Waals surface area (Å²) in [6.45, 7) is 1.88. The van der Waals surface area contributed by atoms with Crippen LogP contribution in [0.4, 0.5) is 5.69 Å². The molecule has 0 fully saturated rings. The fourth-order valence-corrected chi connectivity index (χ4v) is 1.96. The molecule has 0 unspecified atom stereocenters. The third kappa shape index (κ3) is 3.16. The maximum Gasteiger partial charge on any atom is 0.337 e. The minimum Gasteiger partial charge on any atom is -0.478 e. The van der Waals surface area contributed by atoms with E-state index in [9.17, 15) is 9.59 Å². The highest BCUT2D eigenvalue weighted by Crippen LogP contribution is 2.21. The van der Waals surface area contributed by atoms with Crippen LogP contribution in [0.2, 0.25) is 5.02 Å². The van der Waals surface area contributed by atoms with Crippen molar-refractivity contribution in [2.24, 2.45) is 0 Å². The standard InChI is InChI=1S/C15H12ClNO3/c1-9-3-2-4-10(7-9)14(18)17-13-6-5-11(16)8-12(13)15(19)20/h2-8H,1H3,(H,17,18)(H,19,20). The largest absolute Gasteiger partial charge is 0.478 e. The minimum atomic E-state index is -1.15. The predicted molar refractivity (Wildman–Crippen MR) is 77.5 cm³/mol. The Bertz CT molecular complexity index is 683. The molecule has 20 heavy (non-hydrogen) atoms. The molecule has 2 aromatic carbocycles. The Kier molecular flexibility index (Phi) is 4.05. The van der Waals surface area contributed by atoms with E-state index in [0.29, 0.717) is 10.6 Å². The van der Waals surface area contributed by atoms with E-state index in [1.807, 2.05) is 13.0 Å². The van der Waals surface area contributed by atoms with E-state index < -0.39 is 5.97 Å². The first-order valence-corrected chi connectivity index (χ1v) is 6.26. The molecule has 0 bridgehead atoms. The highest BCUT2D eigenvalue weighted by molar-refractivity contribution is 6.31. The molecule has 0 aliphatic rings. The predicted octanol–water partition coefficient (Wildman–Crippen LogP) is 3.60. The number of carbonyl (C=O) groups is 2. The fraction of sp³-hybridized carbons (Fsp3) is 0.0667. The van der Waals surface area contributed by atoms with Gasteiger partial charge in [-0.3, -0.25) is 4.79 Å². The minimum absolute atomic E-state index is 0.0431. The molecule has 2 N–H and O–H groups in total. The van der Waals surface area contributed by atoms with Crippen molar-refractivity contribution < 1.29 is 14.7 Å². The summed E-state index contributed by atoms with van der Waals surface area (Å²) < 4.78 is 0. The third-order valence-corrected chi connectivity index (χ3v) is 2.98. The smallest absolute Gasteiger partial charge is 0.337 e. The first-order valence-electron chi connectivity index (χ1n) is 5.88. The van der Waals surface area contributed by atoms with Gasteiger partial charge in [-0.25, -0.2) is 4.79 Å². The van der Waals surface area contributed by atoms with Crippen LogP contribution in [-0.2, 0) is 0 Å². The van der Waals surface area contributed by atoms with E-state index in [1.165, 1.54) is 18.2 Å².